The van der Waals surface area contributed by atoms with Gasteiger partial charge < -0.3 is 10.0 Å². The van der Waals surface area contributed by atoms with Crippen LogP contribution in [-0.2, 0) is 11.2 Å². The second kappa shape index (κ2) is 6.02. The van der Waals surface area contributed by atoms with Gasteiger partial charge in [0.25, 0.3) is 0 Å². The van der Waals surface area contributed by atoms with E-state index in [-0.39, 0.29) is 24.1 Å². The van der Waals surface area contributed by atoms with Gasteiger partial charge in [-0.1, -0.05) is 31.2 Å². The molecule has 2 bridgehead atoms. The fourth-order valence-corrected chi connectivity index (χ4v) is 3.63. The summed E-state index contributed by atoms with van der Waals surface area (Å²) in [5, 5.41) is 9.79. The van der Waals surface area contributed by atoms with Gasteiger partial charge in [-0.25, -0.2) is 0 Å². The molecule has 0 aromatic heterocycles. The minimum Gasteiger partial charge on any atom is -0.393 e. The normalized spacial score (nSPS) is 28.3. The Morgan fingerprint density at radius 3 is 2.43 bits per heavy atom. The summed E-state index contributed by atoms with van der Waals surface area (Å²) >= 11 is 0. The van der Waals surface area contributed by atoms with Gasteiger partial charge in [0, 0.05) is 18.2 Å². The Labute approximate surface area is 126 Å². The van der Waals surface area contributed by atoms with Crippen LogP contribution in [0, 0.1) is 0 Å². The molecule has 2 unspecified atom stereocenters. The molecule has 0 radical (unpaired) electrons. The van der Waals surface area contributed by atoms with Crippen LogP contribution in [0.15, 0.2) is 30.3 Å². The van der Waals surface area contributed by atoms with E-state index in [9.17, 15) is 9.90 Å². The Hall–Kier alpha value is -1.61. The molecular formula is C18H23NO2. The van der Waals surface area contributed by atoms with Crippen LogP contribution in [-0.4, -0.2) is 34.1 Å². The van der Waals surface area contributed by atoms with Gasteiger partial charge in [0.1, 0.15) is 0 Å². The number of nitrogens with zero attached hydrogens (tertiary/aromatic N) is 1. The standard InChI is InChI=1S/C18H23NO2/c1-2-13-3-5-14(6-4-13)7-10-18(21)19-15-8-9-16(19)12-17(20)11-15/h3-7,10,15-17,20H,2,8-9,11-12H2,1H3. The molecule has 3 rings (SSSR count). The van der Waals surface area contributed by atoms with Crippen LogP contribution in [0.25, 0.3) is 6.08 Å². The predicted octanol–water partition coefficient (Wildman–Crippen LogP) is 2.78. The number of fused-ring (bicyclic) bond motifs is 2. The zero-order chi connectivity index (χ0) is 14.8. The first-order valence-electron chi connectivity index (χ1n) is 7.94. The van der Waals surface area contributed by atoms with E-state index in [0.717, 1.165) is 37.7 Å². The third kappa shape index (κ3) is 3.03. The van der Waals surface area contributed by atoms with Gasteiger partial charge in [-0.3, -0.25) is 4.79 Å². The molecule has 21 heavy (non-hydrogen) atoms. The number of hydrogen-bond donors (Lipinski definition) is 1. The summed E-state index contributed by atoms with van der Waals surface area (Å²) in [5.74, 6) is 0.0916. The van der Waals surface area contributed by atoms with E-state index in [1.54, 1.807) is 6.08 Å². The first-order valence-corrected chi connectivity index (χ1v) is 7.94. The molecule has 3 heteroatoms. The maximum Gasteiger partial charge on any atom is 0.247 e. The molecule has 112 valence electrons. The van der Waals surface area contributed by atoms with Crippen LogP contribution in [0.4, 0.5) is 0 Å². The topological polar surface area (TPSA) is 40.5 Å². The second-order valence-electron chi connectivity index (χ2n) is 6.18. The Kier molecular flexibility index (Phi) is 4.11. The van der Waals surface area contributed by atoms with E-state index < -0.39 is 0 Å². The monoisotopic (exact) mass is 285 g/mol. The first kappa shape index (κ1) is 14.3. The van der Waals surface area contributed by atoms with E-state index in [0.29, 0.717) is 0 Å². The number of carbonyl (C=O) groups excluding carboxylic acids is 1. The smallest absolute Gasteiger partial charge is 0.247 e. The van der Waals surface area contributed by atoms with E-state index in [1.165, 1.54) is 5.56 Å². The number of aryl methyl sites for hydroxylation is 1. The van der Waals surface area contributed by atoms with Crippen molar-refractivity contribution in [2.45, 2.75) is 57.2 Å². The number of aliphatic hydroxyl groups excluding tert-OH is 1. The summed E-state index contributed by atoms with van der Waals surface area (Å²) in [6.45, 7) is 2.13. The third-order valence-electron chi connectivity index (χ3n) is 4.77. The highest BCUT2D eigenvalue weighted by Gasteiger charge is 2.41. The fraction of sp³-hybridized carbons (Fsp3) is 0.500. The van der Waals surface area contributed by atoms with Gasteiger partial charge in [-0.05, 0) is 49.3 Å². The van der Waals surface area contributed by atoms with E-state index in [4.69, 9.17) is 0 Å². The molecular weight excluding hydrogens is 262 g/mol. The van der Waals surface area contributed by atoms with E-state index >= 15 is 0 Å². The summed E-state index contributed by atoms with van der Waals surface area (Å²) < 4.78 is 0. The number of hydrogen-bond acceptors (Lipinski definition) is 2. The zero-order valence-corrected chi connectivity index (χ0v) is 12.5. The van der Waals surface area contributed by atoms with Crippen molar-refractivity contribution in [3.8, 4) is 0 Å². The quantitative estimate of drug-likeness (QED) is 0.868. The lowest BCUT2D eigenvalue weighted by Gasteiger charge is -2.36. The molecule has 1 aromatic rings. The summed E-state index contributed by atoms with van der Waals surface area (Å²) in [4.78, 5) is 14.4. The second-order valence-corrected chi connectivity index (χ2v) is 6.18. The highest BCUT2D eigenvalue weighted by molar-refractivity contribution is 5.92. The molecule has 2 saturated heterocycles. The minimum absolute atomic E-state index is 0.0916. The number of carbonyl (C=O) groups is 1. The van der Waals surface area contributed by atoms with Crippen LogP contribution in [0.5, 0.6) is 0 Å². The maximum atomic E-state index is 12.4. The number of aliphatic hydroxyl groups is 1. The van der Waals surface area contributed by atoms with Crippen LogP contribution in [0.1, 0.15) is 43.7 Å². The first-order chi connectivity index (χ1) is 10.2. The molecule has 0 spiro atoms. The molecule has 1 amide bonds. The molecule has 1 N–H and O–H groups in total. The van der Waals surface area contributed by atoms with Crippen molar-refractivity contribution in [3.63, 3.8) is 0 Å². The van der Waals surface area contributed by atoms with Crippen molar-refractivity contribution < 1.29 is 9.90 Å². The Morgan fingerprint density at radius 1 is 1.24 bits per heavy atom. The lowest BCUT2D eigenvalue weighted by atomic mass is 9.99. The van der Waals surface area contributed by atoms with Crippen molar-refractivity contribution in [2.75, 3.05) is 0 Å². The van der Waals surface area contributed by atoms with Crippen LogP contribution in [0.3, 0.4) is 0 Å². The Morgan fingerprint density at radius 2 is 1.86 bits per heavy atom. The average molecular weight is 285 g/mol. The molecule has 0 saturated carbocycles. The van der Waals surface area contributed by atoms with Crippen LogP contribution >= 0.6 is 0 Å². The molecule has 2 heterocycles. The van der Waals surface area contributed by atoms with Crippen molar-refractivity contribution in [1.82, 2.24) is 4.90 Å². The lowest BCUT2D eigenvalue weighted by Crippen LogP contribution is -2.47. The summed E-state index contributed by atoms with van der Waals surface area (Å²) in [6.07, 6.45) is 7.93. The number of benzene rings is 1. The minimum atomic E-state index is -0.225. The van der Waals surface area contributed by atoms with Crippen molar-refractivity contribution >= 4 is 12.0 Å². The summed E-state index contributed by atoms with van der Waals surface area (Å²) in [6, 6.07) is 8.78. The van der Waals surface area contributed by atoms with Gasteiger partial charge in [-0.2, -0.15) is 0 Å². The van der Waals surface area contributed by atoms with E-state index in [2.05, 4.69) is 31.2 Å². The predicted molar refractivity (Wildman–Crippen MR) is 83.8 cm³/mol. The number of rotatable bonds is 3. The highest BCUT2D eigenvalue weighted by Crippen LogP contribution is 2.35. The SMILES string of the molecule is CCc1ccc(C=CC(=O)N2C3CCC2CC(O)C3)cc1. The van der Waals surface area contributed by atoms with Crippen LogP contribution < -0.4 is 0 Å². The van der Waals surface area contributed by atoms with Crippen LogP contribution in [0.2, 0.25) is 0 Å². The van der Waals surface area contributed by atoms with Gasteiger partial charge >= 0.3 is 0 Å². The molecule has 1 aromatic carbocycles. The number of amides is 1. The molecule has 2 aliphatic heterocycles. The van der Waals surface area contributed by atoms with Crippen molar-refractivity contribution in [3.05, 3.63) is 41.5 Å². The fourth-order valence-electron chi connectivity index (χ4n) is 3.63. The largest absolute Gasteiger partial charge is 0.393 e. The van der Waals surface area contributed by atoms with Gasteiger partial charge in [-0.15, -0.1) is 0 Å². The Bertz CT molecular complexity index is 521. The van der Waals surface area contributed by atoms with Gasteiger partial charge in [0.05, 0.1) is 6.10 Å². The van der Waals surface area contributed by atoms with Crippen molar-refractivity contribution in [2.24, 2.45) is 0 Å². The summed E-state index contributed by atoms with van der Waals surface area (Å²) in [5.41, 5.74) is 2.37. The lowest BCUT2D eigenvalue weighted by molar-refractivity contribution is -0.131. The summed E-state index contributed by atoms with van der Waals surface area (Å²) in [7, 11) is 0. The Balaban J connectivity index is 1.67. The van der Waals surface area contributed by atoms with Gasteiger partial charge in [0.15, 0.2) is 0 Å². The van der Waals surface area contributed by atoms with Gasteiger partial charge in [0.2, 0.25) is 5.91 Å². The maximum absolute atomic E-state index is 12.4. The van der Waals surface area contributed by atoms with Crippen molar-refractivity contribution in [1.29, 1.82) is 0 Å². The number of piperidine rings is 1. The zero-order valence-electron chi connectivity index (χ0n) is 12.5. The molecule has 2 fully saturated rings. The van der Waals surface area contributed by atoms with E-state index in [1.807, 2.05) is 11.0 Å². The third-order valence-corrected chi connectivity index (χ3v) is 4.77. The molecule has 2 atom stereocenters. The average Bonchev–Trinajstić information content (AvgIpc) is 2.77. The highest BCUT2D eigenvalue weighted by atomic mass is 16.3. The molecule has 0 aliphatic carbocycles. The molecule has 2 aliphatic rings. The molecule has 3 nitrogen and oxygen atoms in total.